The van der Waals surface area contributed by atoms with Gasteiger partial charge in [0.1, 0.15) is 0 Å². The second kappa shape index (κ2) is 5.13. The maximum Gasteiger partial charge on any atom is 0.0785 e. The number of nitrogens with two attached hydrogens (primary N) is 1. The van der Waals surface area contributed by atoms with E-state index in [9.17, 15) is 0 Å². The van der Waals surface area contributed by atoms with Crippen LogP contribution in [0.5, 0.6) is 0 Å². The summed E-state index contributed by atoms with van der Waals surface area (Å²) in [5.74, 6) is 1.67. The molecule has 1 rings (SSSR count). The molecule has 2 heteroatoms. The van der Waals surface area contributed by atoms with Crippen molar-refractivity contribution < 1.29 is 10.1 Å². The number of hydrogen-bond donors (Lipinski definition) is 1. The third-order valence-electron chi connectivity index (χ3n) is 2.94. The standard InChI is InChI=1S/C12H25NO/c1-10(2)8-13-9-11-5-6-14-12(3,4)7-11/h10-11,13H,5-9H2,1-4H3/p+1/t11-/m0/s1. The van der Waals surface area contributed by atoms with Gasteiger partial charge in [0, 0.05) is 18.4 Å². The van der Waals surface area contributed by atoms with Crippen LogP contribution in [0.4, 0.5) is 0 Å². The second-order valence-electron chi connectivity index (χ2n) is 5.62. The quantitative estimate of drug-likeness (QED) is 0.729. The first kappa shape index (κ1) is 12.0. The predicted octanol–water partition coefficient (Wildman–Crippen LogP) is 1.41. The molecule has 1 saturated heterocycles. The lowest BCUT2D eigenvalue weighted by molar-refractivity contribution is -0.666. The molecule has 2 nitrogen and oxygen atoms in total. The Hall–Kier alpha value is -0.0800. The molecule has 0 bridgehead atoms. The third-order valence-corrected chi connectivity index (χ3v) is 2.94. The van der Waals surface area contributed by atoms with Crippen molar-refractivity contribution in [1.82, 2.24) is 0 Å². The van der Waals surface area contributed by atoms with Gasteiger partial charge in [-0.15, -0.1) is 0 Å². The summed E-state index contributed by atoms with van der Waals surface area (Å²) in [5.41, 5.74) is 0.120. The average Bonchev–Trinajstić information content (AvgIpc) is 2.01. The van der Waals surface area contributed by atoms with E-state index in [1.807, 2.05) is 0 Å². The van der Waals surface area contributed by atoms with Gasteiger partial charge >= 0.3 is 0 Å². The number of ether oxygens (including phenoxy) is 1. The molecule has 1 aliphatic heterocycles. The highest BCUT2D eigenvalue weighted by Gasteiger charge is 2.29. The van der Waals surface area contributed by atoms with Crippen molar-refractivity contribution in [2.45, 2.75) is 46.1 Å². The predicted molar refractivity (Wildman–Crippen MR) is 59.3 cm³/mol. The molecule has 1 fully saturated rings. The normalized spacial score (nSPS) is 26.8. The molecule has 0 unspecified atom stereocenters. The van der Waals surface area contributed by atoms with Crippen molar-refractivity contribution in [3.63, 3.8) is 0 Å². The molecule has 0 aliphatic carbocycles. The summed E-state index contributed by atoms with van der Waals surface area (Å²) in [7, 11) is 0. The Morgan fingerprint density at radius 1 is 1.43 bits per heavy atom. The summed E-state index contributed by atoms with van der Waals surface area (Å²) in [4.78, 5) is 0. The lowest BCUT2D eigenvalue weighted by Crippen LogP contribution is -2.86. The summed E-state index contributed by atoms with van der Waals surface area (Å²) in [6.45, 7) is 12.5. The van der Waals surface area contributed by atoms with Gasteiger partial charge in [0.2, 0.25) is 0 Å². The fourth-order valence-corrected chi connectivity index (χ4v) is 2.22. The van der Waals surface area contributed by atoms with Crippen LogP contribution in [0.3, 0.4) is 0 Å². The molecule has 1 heterocycles. The van der Waals surface area contributed by atoms with E-state index < -0.39 is 0 Å². The molecule has 0 aromatic heterocycles. The Bertz CT molecular complexity index is 166. The van der Waals surface area contributed by atoms with E-state index in [0.29, 0.717) is 0 Å². The van der Waals surface area contributed by atoms with E-state index in [0.717, 1.165) is 18.4 Å². The van der Waals surface area contributed by atoms with Crippen LogP contribution in [0.2, 0.25) is 0 Å². The number of quaternary nitrogens is 1. The van der Waals surface area contributed by atoms with Crippen LogP contribution in [0.15, 0.2) is 0 Å². The van der Waals surface area contributed by atoms with Gasteiger partial charge in [-0.25, -0.2) is 0 Å². The summed E-state index contributed by atoms with van der Waals surface area (Å²) in [6, 6.07) is 0. The first-order valence-electron chi connectivity index (χ1n) is 5.95. The minimum absolute atomic E-state index is 0.120. The van der Waals surface area contributed by atoms with Gasteiger partial charge in [-0.05, 0) is 26.7 Å². The van der Waals surface area contributed by atoms with Gasteiger partial charge in [-0.2, -0.15) is 0 Å². The highest BCUT2D eigenvalue weighted by molar-refractivity contribution is 4.77. The fraction of sp³-hybridized carbons (Fsp3) is 1.00. The Morgan fingerprint density at radius 3 is 2.71 bits per heavy atom. The monoisotopic (exact) mass is 200 g/mol. The second-order valence-corrected chi connectivity index (χ2v) is 5.62. The minimum Gasteiger partial charge on any atom is -0.376 e. The van der Waals surface area contributed by atoms with Crippen LogP contribution in [0, 0.1) is 11.8 Å². The molecule has 0 spiro atoms. The maximum atomic E-state index is 5.71. The topological polar surface area (TPSA) is 25.8 Å². The van der Waals surface area contributed by atoms with Crippen molar-refractivity contribution in [1.29, 1.82) is 0 Å². The SMILES string of the molecule is CC(C)C[NH2+]C[C@H]1CCOC(C)(C)C1. The Labute approximate surface area is 88.4 Å². The Kier molecular flexibility index (Phi) is 4.39. The molecule has 0 aromatic rings. The highest BCUT2D eigenvalue weighted by Crippen LogP contribution is 2.27. The zero-order valence-corrected chi connectivity index (χ0v) is 10.2. The molecular formula is C12H26NO+. The highest BCUT2D eigenvalue weighted by atomic mass is 16.5. The van der Waals surface area contributed by atoms with E-state index in [4.69, 9.17) is 4.74 Å². The van der Waals surface area contributed by atoms with Crippen LogP contribution in [-0.4, -0.2) is 25.3 Å². The Morgan fingerprint density at radius 2 is 2.14 bits per heavy atom. The molecule has 0 saturated carbocycles. The van der Waals surface area contributed by atoms with E-state index in [1.54, 1.807) is 0 Å². The van der Waals surface area contributed by atoms with E-state index in [-0.39, 0.29) is 5.60 Å². The van der Waals surface area contributed by atoms with E-state index >= 15 is 0 Å². The molecule has 0 aromatic carbocycles. The largest absolute Gasteiger partial charge is 0.376 e. The van der Waals surface area contributed by atoms with Crippen LogP contribution < -0.4 is 5.32 Å². The molecule has 0 radical (unpaired) electrons. The molecular weight excluding hydrogens is 174 g/mol. The van der Waals surface area contributed by atoms with Crippen molar-refractivity contribution in [3.8, 4) is 0 Å². The first-order valence-corrected chi connectivity index (χ1v) is 5.95. The minimum atomic E-state index is 0.120. The van der Waals surface area contributed by atoms with Gasteiger partial charge < -0.3 is 10.1 Å². The van der Waals surface area contributed by atoms with Crippen LogP contribution in [0.1, 0.15) is 40.5 Å². The van der Waals surface area contributed by atoms with Crippen molar-refractivity contribution >= 4 is 0 Å². The molecule has 1 atom stereocenters. The summed E-state index contributed by atoms with van der Waals surface area (Å²) in [6.07, 6.45) is 2.47. The van der Waals surface area contributed by atoms with E-state index in [2.05, 4.69) is 33.0 Å². The van der Waals surface area contributed by atoms with Crippen LogP contribution in [-0.2, 0) is 4.74 Å². The van der Waals surface area contributed by atoms with Gasteiger partial charge in [0.25, 0.3) is 0 Å². The third kappa shape index (κ3) is 4.43. The zero-order chi connectivity index (χ0) is 10.6. The molecule has 2 N–H and O–H groups in total. The van der Waals surface area contributed by atoms with Gasteiger partial charge in [-0.1, -0.05) is 13.8 Å². The summed E-state index contributed by atoms with van der Waals surface area (Å²) in [5, 5.41) is 2.47. The Balaban J connectivity index is 2.18. The van der Waals surface area contributed by atoms with Crippen LogP contribution >= 0.6 is 0 Å². The summed E-state index contributed by atoms with van der Waals surface area (Å²) >= 11 is 0. The summed E-state index contributed by atoms with van der Waals surface area (Å²) < 4.78 is 5.71. The van der Waals surface area contributed by atoms with E-state index in [1.165, 1.54) is 25.9 Å². The molecule has 84 valence electrons. The number of rotatable bonds is 4. The fourth-order valence-electron chi connectivity index (χ4n) is 2.22. The molecule has 1 aliphatic rings. The lowest BCUT2D eigenvalue weighted by atomic mass is 9.88. The zero-order valence-electron chi connectivity index (χ0n) is 10.2. The van der Waals surface area contributed by atoms with Crippen molar-refractivity contribution in [2.24, 2.45) is 11.8 Å². The van der Waals surface area contributed by atoms with Crippen LogP contribution in [0.25, 0.3) is 0 Å². The molecule has 0 amide bonds. The van der Waals surface area contributed by atoms with Gasteiger partial charge in [0.05, 0.1) is 18.7 Å². The maximum absolute atomic E-state index is 5.71. The van der Waals surface area contributed by atoms with Gasteiger partial charge in [-0.3, -0.25) is 0 Å². The number of hydrogen-bond acceptors (Lipinski definition) is 1. The van der Waals surface area contributed by atoms with Crippen molar-refractivity contribution in [3.05, 3.63) is 0 Å². The molecule has 14 heavy (non-hydrogen) atoms. The first-order chi connectivity index (χ1) is 6.49. The smallest absolute Gasteiger partial charge is 0.0785 e. The lowest BCUT2D eigenvalue weighted by Gasteiger charge is -2.34. The average molecular weight is 200 g/mol. The van der Waals surface area contributed by atoms with Gasteiger partial charge in [0.15, 0.2) is 0 Å². The van der Waals surface area contributed by atoms with Crippen molar-refractivity contribution in [2.75, 3.05) is 19.7 Å².